The molecule has 134 valence electrons. The van der Waals surface area contributed by atoms with Crippen LogP contribution in [0.25, 0.3) is 27.5 Å². The topological polar surface area (TPSA) is 65.5 Å². The molecule has 0 aliphatic rings. The quantitative estimate of drug-likeness (QED) is 0.425. The van der Waals surface area contributed by atoms with Crippen molar-refractivity contribution in [1.29, 1.82) is 0 Å². The lowest BCUT2D eigenvalue weighted by atomic mass is 10.2. The Morgan fingerprint density at radius 1 is 1.07 bits per heavy atom. The Bertz CT molecular complexity index is 1180. The Balaban J connectivity index is 1.52. The van der Waals surface area contributed by atoms with Gasteiger partial charge in [0.15, 0.2) is 16.9 Å². The highest BCUT2D eigenvalue weighted by Gasteiger charge is 2.21. The minimum Gasteiger partial charge on any atom is -0.483 e. The molecule has 1 atom stereocenters. The third kappa shape index (κ3) is 2.86. The molecule has 27 heavy (non-hydrogen) atoms. The van der Waals surface area contributed by atoms with Crippen LogP contribution in [0.1, 0.15) is 24.5 Å². The molecule has 0 aliphatic heterocycles. The van der Waals surface area contributed by atoms with E-state index >= 15 is 0 Å². The molecule has 2 aromatic carbocycles. The summed E-state index contributed by atoms with van der Waals surface area (Å²) in [4.78, 5) is 0.718. The van der Waals surface area contributed by atoms with Crippen molar-refractivity contribution in [3.05, 3.63) is 65.7 Å². The van der Waals surface area contributed by atoms with E-state index in [0.717, 1.165) is 33.1 Å². The van der Waals surface area contributed by atoms with Gasteiger partial charge >= 0.3 is 0 Å². The fraction of sp³-hybridized carbons (Fsp3) is 0.150. The van der Waals surface area contributed by atoms with Gasteiger partial charge in [0, 0.05) is 5.39 Å². The van der Waals surface area contributed by atoms with Gasteiger partial charge in [-0.05, 0) is 30.7 Å². The first kappa shape index (κ1) is 16.0. The zero-order chi connectivity index (χ0) is 18.2. The maximum Gasteiger partial charge on any atom is 0.235 e. The minimum atomic E-state index is -0.136. The zero-order valence-electron chi connectivity index (χ0n) is 14.6. The van der Waals surface area contributed by atoms with Gasteiger partial charge in [0.05, 0.1) is 0 Å². The molecule has 0 aliphatic carbocycles. The first-order valence-corrected chi connectivity index (χ1v) is 9.56. The molecule has 0 saturated heterocycles. The molecule has 0 bridgehead atoms. The van der Waals surface area contributed by atoms with E-state index in [0.29, 0.717) is 11.6 Å². The number of nitrogens with zero attached hydrogens (tertiary/aromatic N) is 4. The van der Waals surface area contributed by atoms with E-state index in [1.54, 1.807) is 4.52 Å². The molecule has 0 spiro atoms. The Labute approximate surface area is 159 Å². The maximum absolute atomic E-state index is 6.11. The average molecular weight is 376 g/mol. The van der Waals surface area contributed by atoms with Gasteiger partial charge in [-0.2, -0.15) is 9.61 Å². The molecule has 3 aromatic heterocycles. The number of hydrogen-bond donors (Lipinski definition) is 0. The normalized spacial score (nSPS) is 12.6. The van der Waals surface area contributed by atoms with Crippen LogP contribution < -0.4 is 4.74 Å². The van der Waals surface area contributed by atoms with Crippen LogP contribution in [0.2, 0.25) is 0 Å². The number of para-hydroxylation sites is 2. The van der Waals surface area contributed by atoms with Crippen LogP contribution in [0.5, 0.6) is 5.75 Å². The van der Waals surface area contributed by atoms with Crippen LogP contribution in [0, 0.1) is 0 Å². The zero-order valence-corrected chi connectivity index (χ0v) is 15.4. The van der Waals surface area contributed by atoms with E-state index in [-0.39, 0.29) is 6.10 Å². The molecule has 0 saturated carbocycles. The molecule has 0 amide bonds. The third-order valence-corrected chi connectivity index (χ3v) is 5.31. The molecule has 0 radical (unpaired) electrons. The van der Waals surface area contributed by atoms with E-state index in [1.807, 2.05) is 60.7 Å². The van der Waals surface area contributed by atoms with Gasteiger partial charge in [-0.25, -0.2) is 0 Å². The van der Waals surface area contributed by atoms with Gasteiger partial charge in [-0.3, -0.25) is 0 Å². The average Bonchev–Trinajstić information content (AvgIpc) is 3.40. The lowest BCUT2D eigenvalue weighted by molar-refractivity contribution is 0.199. The van der Waals surface area contributed by atoms with Crippen molar-refractivity contribution in [1.82, 2.24) is 19.8 Å². The molecular weight excluding hydrogens is 360 g/mol. The second-order valence-corrected chi connectivity index (χ2v) is 7.12. The van der Waals surface area contributed by atoms with Crippen molar-refractivity contribution in [2.75, 3.05) is 0 Å². The molecular formula is C20H16N4O2S. The molecule has 3 heterocycles. The summed E-state index contributed by atoms with van der Waals surface area (Å²) in [5, 5.41) is 15.1. The molecule has 5 rings (SSSR count). The standard InChI is InChI=1S/C20H16N4O2S/c1-2-15(25-14-9-4-3-5-10-14)19-23-24-18(21-22-20(24)27-19)17-12-13-8-6-7-11-16(13)26-17/h3-12,15H,2H2,1H3/t15-/m0/s1. The Kier molecular flexibility index (Phi) is 3.86. The number of benzene rings is 2. The summed E-state index contributed by atoms with van der Waals surface area (Å²) in [7, 11) is 0. The first-order chi connectivity index (χ1) is 13.3. The van der Waals surface area contributed by atoms with Crippen molar-refractivity contribution in [3.63, 3.8) is 0 Å². The fourth-order valence-electron chi connectivity index (χ4n) is 2.98. The highest BCUT2D eigenvalue weighted by Crippen LogP contribution is 2.31. The summed E-state index contributed by atoms with van der Waals surface area (Å²) in [6.07, 6.45) is 0.668. The van der Waals surface area contributed by atoms with Crippen molar-refractivity contribution in [3.8, 4) is 17.3 Å². The second kappa shape index (κ2) is 6.51. The van der Waals surface area contributed by atoms with Crippen molar-refractivity contribution < 1.29 is 9.15 Å². The van der Waals surface area contributed by atoms with E-state index in [9.17, 15) is 0 Å². The van der Waals surface area contributed by atoms with Gasteiger partial charge in [0.25, 0.3) is 0 Å². The summed E-state index contributed by atoms with van der Waals surface area (Å²) >= 11 is 1.48. The van der Waals surface area contributed by atoms with E-state index < -0.39 is 0 Å². The van der Waals surface area contributed by atoms with Crippen LogP contribution in [0.15, 0.2) is 65.1 Å². The SMILES string of the molecule is CC[C@H](Oc1ccccc1)c1nn2c(-c3cc4ccccc4o3)nnc2s1. The van der Waals surface area contributed by atoms with Gasteiger partial charge in [-0.15, -0.1) is 10.2 Å². The summed E-state index contributed by atoms with van der Waals surface area (Å²) in [5.74, 6) is 2.07. The fourth-order valence-corrected chi connectivity index (χ4v) is 3.93. The van der Waals surface area contributed by atoms with Gasteiger partial charge in [-0.1, -0.05) is 54.7 Å². The smallest absolute Gasteiger partial charge is 0.235 e. The summed E-state index contributed by atoms with van der Waals surface area (Å²) in [5.41, 5.74) is 0.818. The van der Waals surface area contributed by atoms with Crippen molar-refractivity contribution in [2.24, 2.45) is 0 Å². The van der Waals surface area contributed by atoms with Crippen LogP contribution in [-0.4, -0.2) is 19.8 Å². The third-order valence-electron chi connectivity index (χ3n) is 4.32. The van der Waals surface area contributed by atoms with Crippen molar-refractivity contribution in [2.45, 2.75) is 19.4 Å². The van der Waals surface area contributed by atoms with E-state index in [2.05, 4.69) is 17.1 Å². The molecule has 0 N–H and O–H groups in total. The Morgan fingerprint density at radius 3 is 2.70 bits per heavy atom. The van der Waals surface area contributed by atoms with Crippen LogP contribution >= 0.6 is 11.3 Å². The van der Waals surface area contributed by atoms with E-state index in [4.69, 9.17) is 14.3 Å². The number of furan rings is 1. The minimum absolute atomic E-state index is 0.136. The lowest BCUT2D eigenvalue weighted by Gasteiger charge is -2.14. The molecule has 6 nitrogen and oxygen atoms in total. The van der Waals surface area contributed by atoms with Crippen molar-refractivity contribution >= 4 is 27.3 Å². The van der Waals surface area contributed by atoms with Gasteiger partial charge in [0.1, 0.15) is 11.3 Å². The number of aromatic nitrogens is 4. The summed E-state index contributed by atoms with van der Waals surface area (Å²) in [6, 6.07) is 19.6. The van der Waals surface area contributed by atoms with Gasteiger partial charge in [0.2, 0.25) is 10.8 Å². The molecule has 0 unspecified atom stereocenters. The summed E-state index contributed by atoms with van der Waals surface area (Å²) in [6.45, 7) is 2.08. The number of ether oxygens (including phenoxy) is 1. The number of hydrogen-bond acceptors (Lipinski definition) is 6. The van der Waals surface area contributed by atoms with Gasteiger partial charge < -0.3 is 9.15 Å². The highest BCUT2D eigenvalue weighted by atomic mass is 32.1. The monoisotopic (exact) mass is 376 g/mol. The van der Waals surface area contributed by atoms with Crippen LogP contribution in [0.4, 0.5) is 0 Å². The summed E-state index contributed by atoms with van der Waals surface area (Å²) < 4.78 is 13.8. The predicted octanol–water partition coefficient (Wildman–Crippen LogP) is 5.13. The van der Waals surface area contributed by atoms with Crippen LogP contribution in [0.3, 0.4) is 0 Å². The molecule has 0 fully saturated rings. The predicted molar refractivity (Wildman–Crippen MR) is 104 cm³/mol. The largest absolute Gasteiger partial charge is 0.483 e. The number of rotatable bonds is 5. The Hall–Kier alpha value is -3.19. The second-order valence-electron chi connectivity index (χ2n) is 6.13. The Morgan fingerprint density at radius 2 is 1.89 bits per heavy atom. The number of fused-ring (bicyclic) bond motifs is 2. The van der Waals surface area contributed by atoms with Crippen LogP contribution in [-0.2, 0) is 0 Å². The molecule has 5 aromatic rings. The lowest BCUT2D eigenvalue weighted by Crippen LogP contribution is -2.07. The van der Waals surface area contributed by atoms with E-state index in [1.165, 1.54) is 11.3 Å². The maximum atomic E-state index is 6.11. The highest BCUT2D eigenvalue weighted by molar-refractivity contribution is 7.16. The first-order valence-electron chi connectivity index (χ1n) is 8.74. The molecule has 7 heteroatoms.